The highest BCUT2D eigenvalue weighted by atomic mass is 19.4. The lowest BCUT2D eigenvalue weighted by molar-refractivity contribution is -0.184. The summed E-state index contributed by atoms with van der Waals surface area (Å²) in [6.07, 6.45) is -3.67. The lowest BCUT2D eigenvalue weighted by Gasteiger charge is -2.29. The Labute approximate surface area is 121 Å². The number of alkyl halides is 3. The van der Waals surface area contributed by atoms with Crippen LogP contribution in [0.2, 0.25) is 0 Å². The molecule has 3 nitrogen and oxygen atoms in total. The number of hydrogen-bond donors (Lipinski definition) is 2. The third-order valence-corrected chi connectivity index (χ3v) is 4.12. The van der Waals surface area contributed by atoms with Crippen molar-refractivity contribution in [3.8, 4) is 5.75 Å². The summed E-state index contributed by atoms with van der Waals surface area (Å²) in [4.78, 5) is 12.1. The van der Waals surface area contributed by atoms with Gasteiger partial charge in [0.15, 0.2) is 0 Å². The Balaban J connectivity index is 1.95. The molecule has 0 radical (unpaired) electrons. The van der Waals surface area contributed by atoms with Crippen LogP contribution in [0.5, 0.6) is 5.75 Å². The standard InChI is InChI=1S/C15H18F3NO2/c1-9-12(3-2-4-13(9)20)19-14(21)10-5-7-11(8-6-10)15(16,17)18/h2-4,10-11,20H,5-8H2,1H3,(H,19,21). The SMILES string of the molecule is Cc1c(O)cccc1NC(=O)C1CCC(C(F)(F)F)CC1. The van der Waals surface area contributed by atoms with Crippen LogP contribution in [0.3, 0.4) is 0 Å². The van der Waals surface area contributed by atoms with Gasteiger partial charge in [-0.2, -0.15) is 13.2 Å². The topological polar surface area (TPSA) is 49.3 Å². The van der Waals surface area contributed by atoms with Crippen molar-refractivity contribution >= 4 is 11.6 Å². The van der Waals surface area contributed by atoms with Gasteiger partial charge in [-0.05, 0) is 44.7 Å². The summed E-state index contributed by atoms with van der Waals surface area (Å²) >= 11 is 0. The summed E-state index contributed by atoms with van der Waals surface area (Å²) in [7, 11) is 0. The van der Waals surface area contributed by atoms with Crippen LogP contribution in [0.25, 0.3) is 0 Å². The number of hydrogen-bond acceptors (Lipinski definition) is 2. The lowest BCUT2D eigenvalue weighted by atomic mass is 9.81. The van der Waals surface area contributed by atoms with Crippen LogP contribution >= 0.6 is 0 Å². The van der Waals surface area contributed by atoms with Gasteiger partial charge in [0.05, 0.1) is 5.92 Å². The third kappa shape index (κ3) is 3.68. The average molecular weight is 301 g/mol. The molecule has 1 amide bonds. The van der Waals surface area contributed by atoms with E-state index >= 15 is 0 Å². The Morgan fingerprint density at radius 2 is 1.86 bits per heavy atom. The molecular weight excluding hydrogens is 283 g/mol. The minimum Gasteiger partial charge on any atom is -0.508 e. The number of nitrogens with one attached hydrogen (secondary N) is 1. The minimum absolute atomic E-state index is 0.000604. The molecule has 1 aliphatic rings. The van der Waals surface area contributed by atoms with Crippen LogP contribution in [0.4, 0.5) is 18.9 Å². The van der Waals surface area contributed by atoms with Gasteiger partial charge >= 0.3 is 6.18 Å². The molecule has 0 aliphatic heterocycles. The van der Waals surface area contributed by atoms with Crippen LogP contribution in [0.1, 0.15) is 31.2 Å². The van der Waals surface area contributed by atoms with Gasteiger partial charge in [0.2, 0.25) is 5.91 Å². The molecule has 1 aliphatic carbocycles. The number of aromatic hydroxyl groups is 1. The van der Waals surface area contributed by atoms with Crippen LogP contribution in [0.15, 0.2) is 18.2 Å². The molecule has 0 bridgehead atoms. The molecule has 21 heavy (non-hydrogen) atoms. The second-order valence-corrected chi connectivity index (χ2v) is 5.53. The van der Waals surface area contributed by atoms with Crippen molar-refractivity contribution < 1.29 is 23.1 Å². The first kappa shape index (κ1) is 15.7. The van der Waals surface area contributed by atoms with Crippen molar-refractivity contribution in [3.05, 3.63) is 23.8 Å². The Morgan fingerprint density at radius 1 is 1.24 bits per heavy atom. The van der Waals surface area contributed by atoms with Crippen LogP contribution in [-0.2, 0) is 4.79 Å². The van der Waals surface area contributed by atoms with Crippen molar-refractivity contribution in [2.24, 2.45) is 11.8 Å². The molecule has 2 rings (SSSR count). The predicted molar refractivity (Wildman–Crippen MR) is 73.0 cm³/mol. The molecule has 1 saturated carbocycles. The third-order valence-electron chi connectivity index (χ3n) is 4.12. The normalized spacial score (nSPS) is 22.9. The number of carbonyl (C=O) groups excluding carboxylic acids is 1. The molecule has 2 N–H and O–H groups in total. The summed E-state index contributed by atoms with van der Waals surface area (Å²) in [5.41, 5.74) is 1.05. The van der Waals surface area contributed by atoms with Crippen molar-refractivity contribution in [2.75, 3.05) is 5.32 Å². The molecule has 6 heteroatoms. The lowest BCUT2D eigenvalue weighted by Crippen LogP contribution is -2.32. The fourth-order valence-corrected chi connectivity index (χ4v) is 2.68. The van der Waals surface area contributed by atoms with Crippen LogP contribution < -0.4 is 5.32 Å². The Kier molecular flexibility index (Phi) is 4.44. The second kappa shape index (κ2) is 5.95. The summed E-state index contributed by atoms with van der Waals surface area (Å²) < 4.78 is 37.8. The van der Waals surface area contributed by atoms with E-state index in [2.05, 4.69) is 5.32 Å². The number of anilines is 1. The zero-order valence-corrected chi connectivity index (χ0v) is 11.7. The van der Waals surface area contributed by atoms with Gasteiger partial charge in [-0.1, -0.05) is 6.07 Å². The number of halogens is 3. The Hall–Kier alpha value is -1.72. The van der Waals surface area contributed by atoms with Gasteiger partial charge in [0.25, 0.3) is 0 Å². The molecule has 0 saturated heterocycles. The van der Waals surface area contributed by atoms with E-state index < -0.39 is 18.0 Å². The van der Waals surface area contributed by atoms with E-state index in [0.717, 1.165) is 0 Å². The average Bonchev–Trinajstić information content (AvgIpc) is 2.43. The highest BCUT2D eigenvalue weighted by molar-refractivity contribution is 5.93. The molecule has 0 spiro atoms. The van der Waals surface area contributed by atoms with E-state index in [1.54, 1.807) is 19.1 Å². The summed E-state index contributed by atoms with van der Waals surface area (Å²) in [6, 6.07) is 4.78. The first-order valence-electron chi connectivity index (χ1n) is 6.95. The van der Waals surface area contributed by atoms with Gasteiger partial charge in [-0.25, -0.2) is 0 Å². The zero-order chi connectivity index (χ0) is 15.6. The van der Waals surface area contributed by atoms with Gasteiger partial charge in [0.1, 0.15) is 5.75 Å². The molecule has 0 unspecified atom stereocenters. The van der Waals surface area contributed by atoms with Gasteiger partial charge in [-0.3, -0.25) is 4.79 Å². The molecule has 116 valence electrons. The minimum atomic E-state index is -4.16. The van der Waals surface area contributed by atoms with Crippen LogP contribution in [0, 0.1) is 18.8 Å². The molecule has 0 heterocycles. The number of amides is 1. The molecule has 0 aromatic heterocycles. The number of carbonyl (C=O) groups is 1. The summed E-state index contributed by atoms with van der Waals surface area (Å²) in [6.45, 7) is 1.67. The van der Waals surface area contributed by atoms with E-state index in [4.69, 9.17) is 0 Å². The maximum atomic E-state index is 12.6. The Bertz CT molecular complexity index is 520. The number of benzene rings is 1. The van der Waals surface area contributed by atoms with Gasteiger partial charge in [-0.15, -0.1) is 0 Å². The monoisotopic (exact) mass is 301 g/mol. The maximum Gasteiger partial charge on any atom is 0.391 e. The van der Waals surface area contributed by atoms with E-state index in [9.17, 15) is 23.1 Å². The highest BCUT2D eigenvalue weighted by Gasteiger charge is 2.42. The fourth-order valence-electron chi connectivity index (χ4n) is 2.68. The number of rotatable bonds is 2. The summed E-state index contributed by atoms with van der Waals surface area (Å²) in [5, 5.41) is 12.3. The van der Waals surface area contributed by atoms with Crippen molar-refractivity contribution in [3.63, 3.8) is 0 Å². The molecule has 1 aromatic rings. The quantitative estimate of drug-likeness (QED) is 0.867. The fraction of sp³-hybridized carbons (Fsp3) is 0.533. The first-order valence-corrected chi connectivity index (χ1v) is 6.95. The van der Waals surface area contributed by atoms with E-state index in [0.29, 0.717) is 11.3 Å². The zero-order valence-electron chi connectivity index (χ0n) is 11.7. The molecule has 1 fully saturated rings. The van der Waals surface area contributed by atoms with Crippen molar-refractivity contribution in [2.45, 2.75) is 38.8 Å². The molecule has 0 atom stereocenters. The maximum absolute atomic E-state index is 12.6. The van der Waals surface area contributed by atoms with E-state index in [-0.39, 0.29) is 37.3 Å². The van der Waals surface area contributed by atoms with Crippen molar-refractivity contribution in [1.29, 1.82) is 0 Å². The second-order valence-electron chi connectivity index (χ2n) is 5.53. The van der Waals surface area contributed by atoms with E-state index in [1.165, 1.54) is 6.07 Å². The molecule has 1 aromatic carbocycles. The highest BCUT2D eigenvalue weighted by Crippen LogP contribution is 2.39. The first-order chi connectivity index (χ1) is 9.79. The summed E-state index contributed by atoms with van der Waals surface area (Å²) in [5.74, 6) is -1.88. The number of phenolic OH excluding ortho intramolecular Hbond substituents is 1. The van der Waals surface area contributed by atoms with Crippen LogP contribution in [-0.4, -0.2) is 17.2 Å². The predicted octanol–water partition coefficient (Wildman–Crippen LogP) is 4.01. The van der Waals surface area contributed by atoms with Gasteiger partial charge < -0.3 is 10.4 Å². The van der Waals surface area contributed by atoms with E-state index in [1.807, 2.05) is 0 Å². The Morgan fingerprint density at radius 3 is 2.43 bits per heavy atom. The molecular formula is C15H18F3NO2. The largest absolute Gasteiger partial charge is 0.508 e. The van der Waals surface area contributed by atoms with Crippen molar-refractivity contribution in [1.82, 2.24) is 0 Å². The number of phenols is 1. The van der Waals surface area contributed by atoms with Gasteiger partial charge in [0, 0.05) is 17.2 Å². The smallest absolute Gasteiger partial charge is 0.391 e.